The van der Waals surface area contributed by atoms with Gasteiger partial charge in [-0.1, -0.05) is 50.3 Å². The van der Waals surface area contributed by atoms with Crippen LogP contribution in [0.1, 0.15) is 55.2 Å². The van der Waals surface area contributed by atoms with Crippen molar-refractivity contribution in [2.24, 2.45) is 0 Å². The third-order valence-corrected chi connectivity index (χ3v) is 6.11. The minimum Gasteiger partial charge on any atom is -0.378 e. The summed E-state index contributed by atoms with van der Waals surface area (Å²) >= 11 is 0. The standard InChI is InChI=1S/C24H26BN3O/c1-5-17-9-7-8-10-20(17)26-16(4)18-13-15(3)14-19-21(18)27-23-24(25,6-2)11-12-28(23)22(19)29/h5,7-10,13-14,16,26H,1,6,11-12H2,2-4H3. The molecule has 29 heavy (non-hydrogen) atoms. The lowest BCUT2D eigenvalue weighted by atomic mass is 9.65. The van der Waals surface area contributed by atoms with Crippen LogP contribution in [0, 0.1) is 6.92 Å². The molecule has 0 bridgehead atoms. The van der Waals surface area contributed by atoms with Crippen LogP contribution < -0.4 is 10.9 Å². The molecule has 2 aromatic carbocycles. The highest BCUT2D eigenvalue weighted by Crippen LogP contribution is 2.35. The van der Waals surface area contributed by atoms with Crippen molar-refractivity contribution >= 4 is 30.5 Å². The number of anilines is 1. The van der Waals surface area contributed by atoms with Gasteiger partial charge in [0.2, 0.25) is 0 Å². The largest absolute Gasteiger partial charge is 0.378 e. The smallest absolute Gasteiger partial charge is 0.261 e. The van der Waals surface area contributed by atoms with Crippen LogP contribution in [0.2, 0.25) is 0 Å². The summed E-state index contributed by atoms with van der Waals surface area (Å²) in [6.07, 6.45) is 3.34. The maximum atomic E-state index is 13.2. The minimum absolute atomic E-state index is 0.00872. The van der Waals surface area contributed by atoms with Crippen LogP contribution in [0.15, 0.2) is 47.8 Å². The van der Waals surface area contributed by atoms with Crippen molar-refractivity contribution in [2.75, 3.05) is 5.32 Å². The van der Waals surface area contributed by atoms with Crippen molar-refractivity contribution < 1.29 is 0 Å². The average Bonchev–Trinajstić information content (AvgIpc) is 3.06. The maximum Gasteiger partial charge on any atom is 0.261 e. The number of hydrogen-bond acceptors (Lipinski definition) is 3. The molecule has 2 atom stereocenters. The summed E-state index contributed by atoms with van der Waals surface area (Å²) in [6.45, 7) is 10.7. The Morgan fingerprint density at radius 2 is 2.14 bits per heavy atom. The van der Waals surface area contributed by atoms with E-state index in [0.717, 1.165) is 40.7 Å². The first-order valence-electron chi connectivity index (χ1n) is 10.2. The van der Waals surface area contributed by atoms with Crippen LogP contribution in [0.4, 0.5) is 5.69 Å². The van der Waals surface area contributed by atoms with Crippen molar-refractivity contribution in [3.63, 3.8) is 0 Å². The van der Waals surface area contributed by atoms with E-state index in [-0.39, 0.29) is 11.6 Å². The van der Waals surface area contributed by atoms with E-state index >= 15 is 0 Å². The quantitative estimate of drug-likeness (QED) is 0.650. The predicted molar refractivity (Wildman–Crippen MR) is 122 cm³/mol. The normalized spacial score (nSPS) is 19.1. The third kappa shape index (κ3) is 3.19. The number of fused-ring (bicyclic) bond motifs is 2. The predicted octanol–water partition coefficient (Wildman–Crippen LogP) is 4.70. The van der Waals surface area contributed by atoms with Crippen LogP contribution in [0.3, 0.4) is 0 Å². The molecule has 2 heterocycles. The number of benzene rings is 2. The Kier molecular flexibility index (Phi) is 4.85. The highest BCUT2D eigenvalue weighted by Gasteiger charge is 2.35. The van der Waals surface area contributed by atoms with Gasteiger partial charge in [0.1, 0.15) is 5.82 Å². The van der Waals surface area contributed by atoms with Gasteiger partial charge in [-0.25, -0.2) is 4.98 Å². The fourth-order valence-electron chi connectivity index (χ4n) is 4.30. The number of rotatable bonds is 5. The molecule has 0 fully saturated rings. The van der Waals surface area contributed by atoms with Crippen molar-refractivity contribution in [1.29, 1.82) is 0 Å². The summed E-state index contributed by atoms with van der Waals surface area (Å²) in [6, 6.07) is 12.1. The maximum absolute atomic E-state index is 13.2. The Labute approximate surface area is 173 Å². The van der Waals surface area contributed by atoms with Crippen molar-refractivity contribution in [1.82, 2.24) is 9.55 Å². The molecule has 2 unspecified atom stereocenters. The van der Waals surface area contributed by atoms with E-state index in [1.165, 1.54) is 0 Å². The number of hydrogen-bond donors (Lipinski definition) is 1. The summed E-state index contributed by atoms with van der Waals surface area (Å²) in [4.78, 5) is 18.2. The second kappa shape index (κ2) is 7.22. The fraction of sp³-hybridized carbons (Fsp3) is 0.333. The average molecular weight is 383 g/mol. The van der Waals surface area contributed by atoms with Gasteiger partial charge in [-0.2, -0.15) is 0 Å². The Morgan fingerprint density at radius 1 is 1.38 bits per heavy atom. The molecule has 0 saturated carbocycles. The summed E-state index contributed by atoms with van der Waals surface area (Å²) in [5.41, 5.74) is 4.85. The van der Waals surface area contributed by atoms with Gasteiger partial charge in [0.15, 0.2) is 0 Å². The summed E-state index contributed by atoms with van der Waals surface area (Å²) in [5, 5.41) is 3.69. The van der Waals surface area contributed by atoms with Crippen LogP contribution >= 0.6 is 0 Å². The second-order valence-electron chi connectivity index (χ2n) is 8.06. The fourth-order valence-corrected chi connectivity index (χ4v) is 4.30. The van der Waals surface area contributed by atoms with Gasteiger partial charge in [0.25, 0.3) is 5.56 Å². The molecule has 0 spiro atoms. The molecule has 4 rings (SSSR count). The second-order valence-corrected chi connectivity index (χ2v) is 8.06. The molecule has 3 aromatic rings. The van der Waals surface area contributed by atoms with E-state index in [4.69, 9.17) is 12.8 Å². The van der Waals surface area contributed by atoms with Gasteiger partial charge < -0.3 is 5.32 Å². The Hall–Kier alpha value is -2.82. The lowest BCUT2D eigenvalue weighted by molar-refractivity contribution is 0.567. The Balaban J connectivity index is 1.88. The van der Waals surface area contributed by atoms with E-state index in [1.54, 1.807) is 4.57 Å². The molecule has 2 radical (unpaired) electrons. The molecule has 5 heteroatoms. The molecule has 1 aliphatic heterocycles. The molecular weight excluding hydrogens is 357 g/mol. The van der Waals surface area contributed by atoms with Gasteiger partial charge in [-0.05, 0) is 48.8 Å². The Bertz CT molecular complexity index is 1170. The SMILES string of the molecule is [B]C1(CC)CCn2c1nc1c(C(C)Nc3ccccc3C=C)cc(C)cc1c2=O. The van der Waals surface area contributed by atoms with Crippen molar-refractivity contribution in [3.8, 4) is 0 Å². The molecule has 0 saturated heterocycles. The zero-order valence-corrected chi connectivity index (χ0v) is 17.3. The lowest BCUT2D eigenvalue weighted by Crippen LogP contribution is -2.29. The molecule has 0 aliphatic carbocycles. The van der Waals surface area contributed by atoms with Crippen molar-refractivity contribution in [3.05, 3.63) is 75.8 Å². The number of aryl methyl sites for hydroxylation is 1. The summed E-state index contributed by atoms with van der Waals surface area (Å²) in [5.74, 6) is 0.710. The lowest BCUT2D eigenvalue weighted by Gasteiger charge is -2.23. The van der Waals surface area contributed by atoms with Crippen LogP contribution in [-0.2, 0) is 11.9 Å². The zero-order valence-electron chi connectivity index (χ0n) is 17.3. The van der Waals surface area contributed by atoms with Gasteiger partial charge >= 0.3 is 0 Å². The number of aromatic nitrogens is 2. The molecule has 146 valence electrons. The van der Waals surface area contributed by atoms with Gasteiger partial charge in [0, 0.05) is 17.8 Å². The van der Waals surface area contributed by atoms with E-state index < -0.39 is 5.31 Å². The van der Waals surface area contributed by atoms with Gasteiger partial charge in [-0.15, -0.1) is 0 Å². The molecular formula is C24H26BN3O. The highest BCUT2D eigenvalue weighted by atomic mass is 16.1. The van der Waals surface area contributed by atoms with Gasteiger partial charge in [0.05, 0.1) is 24.8 Å². The Morgan fingerprint density at radius 3 is 2.86 bits per heavy atom. The first-order valence-corrected chi connectivity index (χ1v) is 10.2. The number of nitrogens with one attached hydrogen (secondary N) is 1. The highest BCUT2D eigenvalue weighted by molar-refractivity contribution is 6.15. The van der Waals surface area contributed by atoms with Crippen molar-refractivity contribution in [2.45, 2.75) is 51.5 Å². The summed E-state index contributed by atoms with van der Waals surface area (Å²) in [7, 11) is 6.60. The van der Waals surface area contributed by atoms with Gasteiger partial charge in [-0.3, -0.25) is 9.36 Å². The number of nitrogens with zero attached hydrogens (tertiary/aromatic N) is 2. The first kappa shape index (κ1) is 19.5. The third-order valence-electron chi connectivity index (χ3n) is 6.11. The van der Waals surface area contributed by atoms with Crippen LogP contribution in [0.25, 0.3) is 17.0 Å². The van der Waals surface area contributed by atoms with Crippen LogP contribution in [-0.4, -0.2) is 17.4 Å². The molecule has 1 aliphatic rings. The first-order chi connectivity index (χ1) is 13.9. The zero-order chi connectivity index (χ0) is 20.8. The van der Waals surface area contributed by atoms with Crippen LogP contribution in [0.5, 0.6) is 0 Å². The van der Waals surface area contributed by atoms with E-state index in [1.807, 2.05) is 43.3 Å². The molecule has 1 aromatic heterocycles. The topological polar surface area (TPSA) is 46.9 Å². The summed E-state index contributed by atoms with van der Waals surface area (Å²) < 4.78 is 1.76. The van der Waals surface area contributed by atoms with E-state index in [9.17, 15) is 4.79 Å². The molecule has 4 nitrogen and oxygen atoms in total. The number of para-hydroxylation sites is 1. The molecule has 1 N–H and O–H groups in total. The van der Waals surface area contributed by atoms with E-state index in [0.29, 0.717) is 17.8 Å². The minimum atomic E-state index is -0.540. The molecule has 0 amide bonds. The van der Waals surface area contributed by atoms with E-state index in [2.05, 4.69) is 31.8 Å². The monoisotopic (exact) mass is 383 g/mol.